The third-order valence-electron chi connectivity index (χ3n) is 3.04. The minimum Gasteiger partial charge on any atom is -0.389 e. The van der Waals surface area contributed by atoms with Crippen LogP contribution in [0.4, 0.5) is 0 Å². The number of nitrogens with zero attached hydrogens (tertiary/aromatic N) is 2. The van der Waals surface area contributed by atoms with Gasteiger partial charge in [-0.1, -0.05) is 30.3 Å². The molecule has 0 radical (unpaired) electrons. The van der Waals surface area contributed by atoms with Gasteiger partial charge in [0.2, 0.25) is 10.0 Å². The Bertz CT molecular complexity index is 695. The zero-order valence-electron chi connectivity index (χ0n) is 12.7. The molecule has 118 valence electrons. The number of rotatable bonds is 6. The molecule has 0 unspecified atom stereocenters. The first kappa shape index (κ1) is 16.6. The minimum absolute atomic E-state index is 0.000871. The van der Waals surface area contributed by atoms with Crippen molar-refractivity contribution in [3.63, 3.8) is 0 Å². The van der Waals surface area contributed by atoms with Gasteiger partial charge in [-0.2, -0.15) is 4.31 Å². The Hall–Kier alpha value is -1.76. The number of hydrogen-bond acceptors (Lipinski definition) is 4. The summed E-state index contributed by atoms with van der Waals surface area (Å²) in [5.74, 6) is 0. The highest BCUT2D eigenvalue weighted by Gasteiger charge is 2.29. The van der Waals surface area contributed by atoms with E-state index in [2.05, 4.69) is 4.98 Å². The van der Waals surface area contributed by atoms with Crippen LogP contribution in [0.1, 0.15) is 19.4 Å². The zero-order valence-corrected chi connectivity index (χ0v) is 13.5. The zero-order chi connectivity index (χ0) is 16.2. The van der Waals surface area contributed by atoms with Gasteiger partial charge < -0.3 is 5.11 Å². The fourth-order valence-corrected chi connectivity index (χ4v) is 3.64. The van der Waals surface area contributed by atoms with Gasteiger partial charge >= 0.3 is 0 Å². The lowest BCUT2D eigenvalue weighted by Gasteiger charge is -2.28. The van der Waals surface area contributed by atoms with Crippen molar-refractivity contribution in [1.82, 2.24) is 9.29 Å². The quantitative estimate of drug-likeness (QED) is 0.884. The van der Waals surface area contributed by atoms with Crippen LogP contribution in [-0.2, 0) is 16.6 Å². The van der Waals surface area contributed by atoms with Crippen LogP contribution in [0, 0.1) is 0 Å². The van der Waals surface area contributed by atoms with E-state index in [1.54, 1.807) is 19.9 Å². The molecule has 2 rings (SSSR count). The summed E-state index contributed by atoms with van der Waals surface area (Å²) in [6.07, 6.45) is 2.84. The molecule has 6 heteroatoms. The Morgan fingerprint density at radius 1 is 1.14 bits per heavy atom. The lowest BCUT2D eigenvalue weighted by atomic mass is 10.1. The highest BCUT2D eigenvalue weighted by molar-refractivity contribution is 7.89. The Kier molecular flexibility index (Phi) is 4.95. The SMILES string of the molecule is CC(C)(O)CN(Cc1ccccc1)S(=O)(=O)c1cccnc1. The van der Waals surface area contributed by atoms with E-state index in [0.29, 0.717) is 0 Å². The summed E-state index contributed by atoms with van der Waals surface area (Å²) in [6.45, 7) is 3.37. The van der Waals surface area contributed by atoms with Crippen molar-refractivity contribution in [3.05, 3.63) is 60.4 Å². The van der Waals surface area contributed by atoms with Gasteiger partial charge in [0.05, 0.1) is 5.60 Å². The molecule has 0 atom stereocenters. The molecule has 1 heterocycles. The summed E-state index contributed by atoms with van der Waals surface area (Å²) < 4.78 is 26.9. The summed E-state index contributed by atoms with van der Waals surface area (Å²) in [4.78, 5) is 3.99. The van der Waals surface area contributed by atoms with Crippen LogP contribution in [0.15, 0.2) is 59.8 Å². The van der Waals surface area contributed by atoms with Crippen LogP contribution in [-0.4, -0.2) is 35.0 Å². The molecule has 0 aliphatic carbocycles. The molecule has 2 aromatic rings. The van der Waals surface area contributed by atoms with Crippen molar-refractivity contribution in [2.24, 2.45) is 0 Å². The summed E-state index contributed by atoms with van der Waals surface area (Å²) in [7, 11) is -3.72. The van der Waals surface area contributed by atoms with E-state index in [0.717, 1.165) is 5.56 Å². The van der Waals surface area contributed by atoms with Crippen LogP contribution < -0.4 is 0 Å². The smallest absolute Gasteiger partial charge is 0.245 e. The van der Waals surface area contributed by atoms with E-state index in [4.69, 9.17) is 0 Å². The number of sulfonamides is 1. The first-order valence-electron chi connectivity index (χ1n) is 6.95. The summed E-state index contributed by atoms with van der Waals surface area (Å²) in [6, 6.07) is 12.4. The van der Waals surface area contributed by atoms with Crippen LogP contribution in [0.2, 0.25) is 0 Å². The molecule has 0 aliphatic rings. The van der Waals surface area contributed by atoms with Gasteiger partial charge in [0.15, 0.2) is 0 Å². The van der Waals surface area contributed by atoms with Gasteiger partial charge in [0, 0.05) is 25.5 Å². The van der Waals surface area contributed by atoms with E-state index >= 15 is 0 Å². The second-order valence-corrected chi connectivity index (χ2v) is 7.70. The Morgan fingerprint density at radius 2 is 1.82 bits per heavy atom. The van der Waals surface area contributed by atoms with Crippen molar-refractivity contribution in [1.29, 1.82) is 0 Å². The van der Waals surface area contributed by atoms with Crippen LogP contribution in [0.5, 0.6) is 0 Å². The predicted molar refractivity (Wildman–Crippen MR) is 84.6 cm³/mol. The molecule has 0 amide bonds. The molecular weight excluding hydrogens is 300 g/mol. The molecule has 1 aromatic carbocycles. The highest BCUT2D eigenvalue weighted by Crippen LogP contribution is 2.20. The Balaban J connectivity index is 2.36. The maximum atomic E-state index is 12.8. The highest BCUT2D eigenvalue weighted by atomic mass is 32.2. The minimum atomic E-state index is -3.72. The van der Waals surface area contributed by atoms with Gasteiger partial charge in [0.25, 0.3) is 0 Å². The summed E-state index contributed by atoms with van der Waals surface area (Å²) in [5.41, 5.74) is -0.274. The summed E-state index contributed by atoms with van der Waals surface area (Å²) >= 11 is 0. The van der Waals surface area contributed by atoms with E-state index in [-0.39, 0.29) is 18.0 Å². The maximum absolute atomic E-state index is 12.8. The molecular formula is C16H20N2O3S. The van der Waals surface area contributed by atoms with Crippen LogP contribution >= 0.6 is 0 Å². The number of benzene rings is 1. The molecule has 1 aromatic heterocycles. The number of pyridine rings is 1. The fourth-order valence-electron chi connectivity index (χ4n) is 2.09. The summed E-state index contributed by atoms with van der Waals surface area (Å²) in [5, 5.41) is 10.1. The van der Waals surface area contributed by atoms with E-state index < -0.39 is 15.6 Å². The van der Waals surface area contributed by atoms with Crippen molar-refractivity contribution < 1.29 is 13.5 Å². The number of aromatic nitrogens is 1. The second kappa shape index (κ2) is 6.56. The Morgan fingerprint density at radius 3 is 2.36 bits per heavy atom. The van der Waals surface area contributed by atoms with Crippen molar-refractivity contribution in [2.75, 3.05) is 6.54 Å². The molecule has 0 fully saturated rings. The Labute approximate surface area is 131 Å². The number of aliphatic hydroxyl groups is 1. The van der Waals surface area contributed by atoms with Gasteiger partial charge in [-0.15, -0.1) is 0 Å². The third-order valence-corrected chi connectivity index (χ3v) is 4.81. The lowest BCUT2D eigenvalue weighted by molar-refractivity contribution is 0.0577. The molecule has 0 saturated heterocycles. The first-order valence-corrected chi connectivity index (χ1v) is 8.39. The monoisotopic (exact) mass is 320 g/mol. The average molecular weight is 320 g/mol. The lowest BCUT2D eigenvalue weighted by Crippen LogP contribution is -2.41. The van der Waals surface area contributed by atoms with Crippen molar-refractivity contribution >= 4 is 10.0 Å². The predicted octanol–water partition coefficient (Wildman–Crippen LogP) is 2.04. The molecule has 0 spiro atoms. The molecule has 1 N–H and O–H groups in total. The van der Waals surface area contributed by atoms with Crippen molar-refractivity contribution in [3.8, 4) is 0 Å². The van der Waals surface area contributed by atoms with Gasteiger partial charge in [-0.25, -0.2) is 8.42 Å². The van der Waals surface area contributed by atoms with Crippen LogP contribution in [0.25, 0.3) is 0 Å². The fraction of sp³-hybridized carbons (Fsp3) is 0.312. The topological polar surface area (TPSA) is 70.5 Å². The van der Waals surface area contributed by atoms with E-state index in [1.807, 2.05) is 30.3 Å². The molecule has 0 bridgehead atoms. The molecule has 0 saturated carbocycles. The average Bonchev–Trinajstić information content (AvgIpc) is 2.47. The standard InChI is InChI=1S/C16H20N2O3S/c1-16(2,19)13-18(12-14-7-4-3-5-8-14)22(20,21)15-9-6-10-17-11-15/h3-11,19H,12-13H2,1-2H3. The first-order chi connectivity index (χ1) is 10.3. The number of hydrogen-bond donors (Lipinski definition) is 1. The third kappa shape index (κ3) is 4.37. The van der Waals surface area contributed by atoms with Crippen LogP contribution in [0.3, 0.4) is 0 Å². The van der Waals surface area contributed by atoms with E-state index in [9.17, 15) is 13.5 Å². The normalized spacial score (nSPS) is 12.5. The van der Waals surface area contributed by atoms with Gasteiger partial charge in [-0.3, -0.25) is 4.98 Å². The maximum Gasteiger partial charge on any atom is 0.245 e. The largest absolute Gasteiger partial charge is 0.389 e. The van der Waals surface area contributed by atoms with Crippen molar-refractivity contribution in [2.45, 2.75) is 30.9 Å². The molecule has 5 nitrogen and oxygen atoms in total. The second-order valence-electron chi connectivity index (χ2n) is 5.76. The molecule has 0 aliphatic heterocycles. The van der Waals surface area contributed by atoms with E-state index in [1.165, 1.54) is 22.8 Å². The van der Waals surface area contributed by atoms with Gasteiger partial charge in [-0.05, 0) is 31.5 Å². The van der Waals surface area contributed by atoms with Gasteiger partial charge in [0.1, 0.15) is 4.90 Å². The molecule has 22 heavy (non-hydrogen) atoms.